The van der Waals surface area contributed by atoms with Crippen molar-refractivity contribution in [2.75, 3.05) is 11.9 Å². The van der Waals surface area contributed by atoms with Gasteiger partial charge in [0, 0.05) is 24.1 Å². The van der Waals surface area contributed by atoms with Gasteiger partial charge >= 0.3 is 0 Å². The highest BCUT2D eigenvalue weighted by molar-refractivity contribution is 6.19. The summed E-state index contributed by atoms with van der Waals surface area (Å²) in [5.41, 5.74) is 4.60. The van der Waals surface area contributed by atoms with Gasteiger partial charge in [-0.1, -0.05) is 56.3 Å². The van der Waals surface area contributed by atoms with Crippen molar-refractivity contribution < 1.29 is 4.39 Å². The molecule has 0 spiro atoms. The number of fused-ring (bicyclic) bond motifs is 6. The van der Waals surface area contributed by atoms with Crippen LogP contribution in [-0.2, 0) is 0 Å². The molecule has 2 aliphatic heterocycles. The quantitative estimate of drug-likeness (QED) is 0.829. The number of alkyl halides is 1. The first kappa shape index (κ1) is 15.2. The van der Waals surface area contributed by atoms with E-state index in [1.807, 2.05) is 38.0 Å². The lowest BCUT2D eigenvalue weighted by molar-refractivity contribution is 0.132. The zero-order valence-electron chi connectivity index (χ0n) is 14.3. The number of nitrogens with zero attached hydrogens (tertiary/aromatic N) is 3. The third kappa shape index (κ3) is 2.05. The van der Waals surface area contributed by atoms with Gasteiger partial charge < -0.3 is 4.90 Å². The molecule has 3 nitrogen and oxygen atoms in total. The number of hydrogen-bond donors (Lipinski definition) is 0. The number of amidine groups is 1. The zero-order valence-corrected chi connectivity index (χ0v) is 14.3. The molecular weight excluding hydrogens is 301 g/mol. The van der Waals surface area contributed by atoms with Crippen LogP contribution >= 0.6 is 0 Å². The summed E-state index contributed by atoms with van der Waals surface area (Å²) in [6.07, 6.45) is -0.437. The first-order chi connectivity index (χ1) is 11.6. The maximum atomic E-state index is 14.5. The molecule has 0 aliphatic carbocycles. The van der Waals surface area contributed by atoms with Crippen molar-refractivity contribution in [3.8, 4) is 11.1 Å². The Bertz CT molecular complexity index is 801. The number of para-hydroxylation sites is 1. The average molecular weight is 323 g/mol. The number of benzene rings is 2. The maximum Gasteiger partial charge on any atom is 0.162 e. The monoisotopic (exact) mass is 323 g/mol. The summed E-state index contributed by atoms with van der Waals surface area (Å²) < 4.78 is 14.5. The van der Waals surface area contributed by atoms with Crippen LogP contribution < -0.4 is 4.90 Å². The minimum absolute atomic E-state index is 0.107. The van der Waals surface area contributed by atoms with Crippen molar-refractivity contribution >= 4 is 11.5 Å². The Labute approximate surface area is 142 Å². The molecule has 3 unspecified atom stereocenters. The van der Waals surface area contributed by atoms with E-state index in [9.17, 15) is 4.39 Å². The van der Waals surface area contributed by atoms with E-state index in [4.69, 9.17) is 5.10 Å². The Balaban J connectivity index is 1.89. The highest BCUT2D eigenvalue weighted by atomic mass is 19.1. The first-order valence-corrected chi connectivity index (χ1v) is 8.57. The van der Waals surface area contributed by atoms with Crippen molar-refractivity contribution in [3.05, 3.63) is 54.1 Å². The molecule has 2 aliphatic rings. The van der Waals surface area contributed by atoms with Crippen LogP contribution in [0.25, 0.3) is 11.1 Å². The minimum atomic E-state index is -0.851. The molecular formula is C20H22FN3. The molecule has 2 heterocycles. The average Bonchev–Trinajstić information content (AvgIpc) is 2.98. The van der Waals surface area contributed by atoms with Gasteiger partial charge in [-0.15, -0.1) is 0 Å². The fourth-order valence-corrected chi connectivity index (χ4v) is 3.95. The Morgan fingerprint density at radius 2 is 1.67 bits per heavy atom. The van der Waals surface area contributed by atoms with Crippen molar-refractivity contribution in [1.82, 2.24) is 5.01 Å². The summed E-state index contributed by atoms with van der Waals surface area (Å²) in [5.74, 6) is 0.784. The van der Waals surface area contributed by atoms with E-state index in [0.29, 0.717) is 6.42 Å². The standard InChI is InChI=1S/C20H22FN3/c1-4-17(21)13(2)20-23(3)22-19-16-11-6-5-9-14(16)15-10-7-8-12-18(15)24(19)20/h5-13,17,20H,4H2,1-3H3. The predicted octanol–water partition coefficient (Wildman–Crippen LogP) is 4.49. The fourth-order valence-electron chi connectivity index (χ4n) is 3.95. The molecule has 0 fully saturated rings. The molecule has 124 valence electrons. The molecule has 0 N–H and O–H groups in total. The van der Waals surface area contributed by atoms with Crippen LogP contribution in [0, 0.1) is 5.92 Å². The van der Waals surface area contributed by atoms with Crippen LogP contribution in [0.4, 0.5) is 10.1 Å². The Hall–Kier alpha value is -2.36. The normalized spacial score (nSPS) is 20.8. The lowest BCUT2D eigenvalue weighted by Gasteiger charge is -2.38. The van der Waals surface area contributed by atoms with Crippen LogP contribution in [0.15, 0.2) is 53.6 Å². The largest absolute Gasteiger partial charge is 0.301 e. The molecule has 2 aromatic rings. The van der Waals surface area contributed by atoms with Gasteiger partial charge in [0.1, 0.15) is 12.3 Å². The molecule has 0 radical (unpaired) electrons. The van der Waals surface area contributed by atoms with Crippen molar-refractivity contribution in [1.29, 1.82) is 0 Å². The van der Waals surface area contributed by atoms with Crippen molar-refractivity contribution in [3.63, 3.8) is 0 Å². The fraction of sp³-hybridized carbons (Fsp3) is 0.350. The van der Waals surface area contributed by atoms with E-state index in [-0.39, 0.29) is 12.1 Å². The zero-order chi connectivity index (χ0) is 16.8. The number of rotatable bonds is 3. The van der Waals surface area contributed by atoms with Crippen molar-refractivity contribution in [2.45, 2.75) is 32.6 Å². The van der Waals surface area contributed by atoms with Crippen LogP contribution in [0.5, 0.6) is 0 Å². The molecule has 0 bridgehead atoms. The number of hydrazone groups is 1. The number of hydrogen-bond acceptors (Lipinski definition) is 3. The number of halogens is 1. The molecule has 0 amide bonds. The molecule has 0 aromatic heterocycles. The lowest BCUT2D eigenvalue weighted by atomic mass is 9.90. The number of anilines is 1. The van der Waals surface area contributed by atoms with E-state index in [0.717, 1.165) is 17.1 Å². The second-order valence-corrected chi connectivity index (χ2v) is 6.63. The Morgan fingerprint density at radius 1 is 1.04 bits per heavy atom. The molecule has 24 heavy (non-hydrogen) atoms. The van der Waals surface area contributed by atoms with E-state index in [1.54, 1.807) is 0 Å². The van der Waals surface area contributed by atoms with Crippen LogP contribution in [0.3, 0.4) is 0 Å². The summed E-state index contributed by atoms with van der Waals surface area (Å²) in [6, 6.07) is 16.7. The first-order valence-electron chi connectivity index (χ1n) is 8.57. The van der Waals surface area contributed by atoms with E-state index < -0.39 is 6.17 Å². The van der Waals surface area contributed by atoms with Gasteiger partial charge in [-0.3, -0.25) is 5.01 Å². The summed E-state index contributed by atoms with van der Waals surface area (Å²) in [5, 5.41) is 6.70. The van der Waals surface area contributed by atoms with Gasteiger partial charge in [0.2, 0.25) is 0 Å². The summed E-state index contributed by atoms with van der Waals surface area (Å²) in [6.45, 7) is 3.88. The maximum absolute atomic E-state index is 14.5. The molecule has 3 atom stereocenters. The van der Waals surface area contributed by atoms with Gasteiger partial charge in [0.25, 0.3) is 0 Å². The predicted molar refractivity (Wildman–Crippen MR) is 96.8 cm³/mol. The summed E-state index contributed by atoms with van der Waals surface area (Å²) >= 11 is 0. The van der Waals surface area contributed by atoms with Gasteiger partial charge in [-0.05, 0) is 18.1 Å². The summed E-state index contributed by atoms with van der Waals surface area (Å²) in [4.78, 5) is 2.21. The van der Waals surface area contributed by atoms with E-state index in [2.05, 4.69) is 41.3 Å². The topological polar surface area (TPSA) is 18.8 Å². The SMILES string of the molecule is CCC(F)C(C)C1N(C)N=C2c3ccccc3-c3ccccc3N21. The molecule has 2 aromatic carbocycles. The smallest absolute Gasteiger partial charge is 0.162 e. The third-order valence-electron chi connectivity index (χ3n) is 5.18. The lowest BCUT2D eigenvalue weighted by Crippen LogP contribution is -2.49. The second kappa shape index (κ2) is 5.62. The molecule has 4 rings (SSSR count). The van der Waals surface area contributed by atoms with Gasteiger partial charge in [0.15, 0.2) is 5.84 Å². The van der Waals surface area contributed by atoms with Gasteiger partial charge in [-0.2, -0.15) is 5.10 Å². The van der Waals surface area contributed by atoms with E-state index in [1.165, 1.54) is 11.1 Å². The summed E-state index contributed by atoms with van der Waals surface area (Å²) in [7, 11) is 1.94. The minimum Gasteiger partial charge on any atom is -0.301 e. The van der Waals surface area contributed by atoms with E-state index >= 15 is 0 Å². The highest BCUT2D eigenvalue weighted by Crippen LogP contribution is 2.44. The molecule has 0 saturated carbocycles. The Kier molecular flexibility index (Phi) is 3.56. The third-order valence-corrected chi connectivity index (χ3v) is 5.18. The molecule has 4 heteroatoms. The van der Waals surface area contributed by atoms with Gasteiger partial charge in [0.05, 0.1) is 5.69 Å². The van der Waals surface area contributed by atoms with Crippen LogP contribution in [0.1, 0.15) is 25.8 Å². The van der Waals surface area contributed by atoms with Crippen LogP contribution in [0.2, 0.25) is 0 Å². The second-order valence-electron chi connectivity index (χ2n) is 6.63. The van der Waals surface area contributed by atoms with Crippen molar-refractivity contribution in [2.24, 2.45) is 11.0 Å². The van der Waals surface area contributed by atoms with Gasteiger partial charge in [-0.25, -0.2) is 4.39 Å². The molecule has 0 saturated heterocycles. The Morgan fingerprint density at radius 3 is 2.38 bits per heavy atom. The van der Waals surface area contributed by atoms with Crippen LogP contribution in [-0.4, -0.2) is 30.2 Å². The highest BCUT2D eigenvalue weighted by Gasteiger charge is 2.43.